The quantitative estimate of drug-likeness (QED) is 0.530. The first kappa shape index (κ1) is 17.0. The van der Waals surface area contributed by atoms with Gasteiger partial charge in [-0.3, -0.25) is 4.79 Å². The van der Waals surface area contributed by atoms with Gasteiger partial charge in [0.15, 0.2) is 9.84 Å². The summed E-state index contributed by atoms with van der Waals surface area (Å²) in [7, 11) is -3.48. The minimum absolute atomic E-state index is 0.149. The summed E-state index contributed by atoms with van der Waals surface area (Å²) in [4.78, 5) is 11.1. The molecule has 21 heavy (non-hydrogen) atoms. The Kier molecular flexibility index (Phi) is 6.69. The molecule has 114 valence electrons. The zero-order chi connectivity index (χ0) is 15.7. The van der Waals surface area contributed by atoms with Crippen LogP contribution < -0.4 is 4.74 Å². The minimum atomic E-state index is -3.48. The molecule has 0 bridgehead atoms. The van der Waals surface area contributed by atoms with Crippen molar-refractivity contribution in [2.24, 2.45) is 0 Å². The first-order valence-corrected chi connectivity index (χ1v) is 8.28. The minimum Gasteiger partial charge on any atom is -0.494 e. The van der Waals surface area contributed by atoms with E-state index in [9.17, 15) is 13.2 Å². The Hall–Kier alpha value is -2.07. The molecule has 0 N–H and O–H groups in total. The van der Waals surface area contributed by atoms with E-state index < -0.39 is 21.6 Å². The standard InChI is InChI=1S/C14H17NO5S/c1-2-19-14(16)11-21(17,18)8-4-7-20-13-6-3-5-12(9-13)10-15/h3,5-6,9H,2,4,7-8,11H2,1H3. The number of hydrogen-bond donors (Lipinski definition) is 0. The van der Waals surface area contributed by atoms with Gasteiger partial charge in [-0.15, -0.1) is 0 Å². The lowest BCUT2D eigenvalue weighted by Gasteiger charge is -2.07. The molecular formula is C14H17NO5S. The smallest absolute Gasteiger partial charge is 0.321 e. The summed E-state index contributed by atoms with van der Waals surface area (Å²) >= 11 is 0. The Morgan fingerprint density at radius 2 is 2.14 bits per heavy atom. The second-order valence-corrected chi connectivity index (χ2v) is 6.42. The van der Waals surface area contributed by atoms with Crippen LogP contribution in [0.1, 0.15) is 18.9 Å². The third kappa shape index (κ3) is 6.77. The highest BCUT2D eigenvalue weighted by Crippen LogP contribution is 2.12. The van der Waals surface area contributed by atoms with Gasteiger partial charge in [-0.2, -0.15) is 5.26 Å². The number of nitriles is 1. The maximum absolute atomic E-state index is 11.6. The molecule has 0 aliphatic carbocycles. The monoisotopic (exact) mass is 311 g/mol. The van der Waals surface area contributed by atoms with E-state index in [2.05, 4.69) is 4.74 Å². The van der Waals surface area contributed by atoms with Crippen molar-refractivity contribution in [3.8, 4) is 11.8 Å². The molecule has 0 saturated heterocycles. The highest BCUT2D eigenvalue weighted by Gasteiger charge is 2.17. The normalized spacial score (nSPS) is 10.7. The number of hydrogen-bond acceptors (Lipinski definition) is 6. The van der Waals surface area contributed by atoms with Crippen LogP contribution in [0.15, 0.2) is 24.3 Å². The van der Waals surface area contributed by atoms with E-state index >= 15 is 0 Å². The number of esters is 1. The first-order valence-electron chi connectivity index (χ1n) is 6.46. The molecule has 0 atom stereocenters. The number of ether oxygens (including phenoxy) is 2. The molecule has 0 unspecified atom stereocenters. The zero-order valence-corrected chi connectivity index (χ0v) is 12.6. The van der Waals surface area contributed by atoms with E-state index in [1.165, 1.54) is 0 Å². The third-order valence-corrected chi connectivity index (χ3v) is 4.06. The molecule has 0 heterocycles. The van der Waals surface area contributed by atoms with Crippen LogP contribution in [0.25, 0.3) is 0 Å². The van der Waals surface area contributed by atoms with Gasteiger partial charge < -0.3 is 9.47 Å². The van der Waals surface area contributed by atoms with Gasteiger partial charge in [-0.25, -0.2) is 8.42 Å². The predicted molar refractivity (Wildman–Crippen MR) is 76.6 cm³/mol. The molecule has 0 aromatic heterocycles. The van der Waals surface area contributed by atoms with E-state index in [0.717, 1.165) is 0 Å². The average Bonchev–Trinajstić information content (AvgIpc) is 2.43. The second-order valence-electron chi connectivity index (χ2n) is 4.24. The van der Waals surface area contributed by atoms with Crippen molar-refractivity contribution in [1.82, 2.24) is 0 Å². The lowest BCUT2D eigenvalue weighted by atomic mass is 10.2. The molecule has 0 radical (unpaired) electrons. The third-order valence-electron chi connectivity index (χ3n) is 2.47. The highest BCUT2D eigenvalue weighted by molar-refractivity contribution is 7.92. The summed E-state index contributed by atoms with van der Waals surface area (Å²) < 4.78 is 33.2. The van der Waals surface area contributed by atoms with Gasteiger partial charge in [0, 0.05) is 0 Å². The molecule has 0 aliphatic rings. The first-order chi connectivity index (χ1) is 9.96. The van der Waals surface area contributed by atoms with Gasteiger partial charge >= 0.3 is 5.97 Å². The van der Waals surface area contributed by atoms with E-state index in [1.807, 2.05) is 6.07 Å². The van der Waals surface area contributed by atoms with Crippen molar-refractivity contribution in [3.63, 3.8) is 0 Å². The molecule has 0 aliphatic heterocycles. The van der Waals surface area contributed by atoms with Crippen LogP contribution in [-0.4, -0.2) is 39.1 Å². The lowest BCUT2D eigenvalue weighted by molar-refractivity contribution is -0.139. The van der Waals surface area contributed by atoms with Gasteiger partial charge in [-0.05, 0) is 31.5 Å². The molecule has 1 rings (SSSR count). The van der Waals surface area contributed by atoms with Crippen LogP contribution in [0.3, 0.4) is 0 Å². The fourth-order valence-corrected chi connectivity index (χ4v) is 2.72. The van der Waals surface area contributed by atoms with Crippen LogP contribution in [0, 0.1) is 11.3 Å². The van der Waals surface area contributed by atoms with Crippen LogP contribution >= 0.6 is 0 Å². The maximum Gasteiger partial charge on any atom is 0.321 e. The topological polar surface area (TPSA) is 93.5 Å². The number of benzene rings is 1. The number of sulfone groups is 1. The zero-order valence-electron chi connectivity index (χ0n) is 11.7. The highest BCUT2D eigenvalue weighted by atomic mass is 32.2. The Bertz CT molecular complexity index is 618. The summed E-state index contributed by atoms with van der Waals surface area (Å²) in [5, 5.41) is 8.74. The van der Waals surface area contributed by atoms with E-state index in [1.54, 1.807) is 31.2 Å². The van der Waals surface area contributed by atoms with Crippen molar-refractivity contribution in [3.05, 3.63) is 29.8 Å². The maximum atomic E-state index is 11.6. The number of carbonyl (C=O) groups excluding carboxylic acids is 1. The lowest BCUT2D eigenvalue weighted by Crippen LogP contribution is -2.21. The molecule has 1 aromatic rings. The van der Waals surface area contributed by atoms with Crippen LogP contribution in [0.2, 0.25) is 0 Å². The molecule has 0 fully saturated rings. The molecule has 7 heteroatoms. The van der Waals surface area contributed by atoms with Gasteiger partial charge in [0.25, 0.3) is 0 Å². The van der Waals surface area contributed by atoms with Crippen molar-refractivity contribution < 1.29 is 22.7 Å². The summed E-state index contributed by atoms with van der Waals surface area (Å²) in [5.74, 6) is -0.980. The summed E-state index contributed by atoms with van der Waals surface area (Å²) in [5.41, 5.74) is 0.474. The Morgan fingerprint density at radius 1 is 1.38 bits per heavy atom. The molecule has 0 saturated carbocycles. The van der Waals surface area contributed by atoms with Gasteiger partial charge in [0.2, 0.25) is 0 Å². The van der Waals surface area contributed by atoms with Gasteiger partial charge in [0.1, 0.15) is 11.5 Å². The van der Waals surface area contributed by atoms with E-state index in [-0.39, 0.29) is 25.4 Å². The van der Waals surface area contributed by atoms with Crippen molar-refractivity contribution in [2.45, 2.75) is 13.3 Å². The average molecular weight is 311 g/mol. The Balaban J connectivity index is 2.36. The van der Waals surface area contributed by atoms with Crippen LogP contribution in [-0.2, 0) is 19.4 Å². The molecule has 6 nitrogen and oxygen atoms in total. The second kappa shape index (κ2) is 8.27. The number of rotatable bonds is 8. The van der Waals surface area contributed by atoms with Gasteiger partial charge in [-0.1, -0.05) is 6.07 Å². The predicted octanol–water partition coefficient (Wildman–Crippen LogP) is 1.31. The SMILES string of the molecule is CCOC(=O)CS(=O)(=O)CCCOc1cccc(C#N)c1. The molecule has 0 spiro atoms. The summed E-state index contributed by atoms with van der Waals surface area (Å²) in [6, 6.07) is 8.59. The van der Waals surface area contributed by atoms with E-state index in [4.69, 9.17) is 10.00 Å². The molecule has 1 aromatic carbocycles. The Morgan fingerprint density at radius 3 is 2.81 bits per heavy atom. The fraction of sp³-hybridized carbons (Fsp3) is 0.429. The van der Waals surface area contributed by atoms with E-state index in [0.29, 0.717) is 11.3 Å². The Labute approximate surface area is 124 Å². The van der Waals surface area contributed by atoms with Gasteiger partial charge in [0.05, 0.1) is 30.6 Å². The summed E-state index contributed by atoms with van der Waals surface area (Å²) in [6.45, 7) is 1.97. The van der Waals surface area contributed by atoms with Crippen LogP contribution in [0.5, 0.6) is 5.75 Å². The molecular weight excluding hydrogens is 294 g/mol. The molecule has 0 amide bonds. The number of carbonyl (C=O) groups is 1. The van der Waals surface area contributed by atoms with Crippen molar-refractivity contribution >= 4 is 15.8 Å². The van der Waals surface area contributed by atoms with Crippen LogP contribution in [0.4, 0.5) is 0 Å². The largest absolute Gasteiger partial charge is 0.494 e. The van der Waals surface area contributed by atoms with Crippen molar-refractivity contribution in [2.75, 3.05) is 24.7 Å². The number of nitrogens with zero attached hydrogens (tertiary/aromatic N) is 1. The summed E-state index contributed by atoms with van der Waals surface area (Å²) in [6.07, 6.45) is 0.262. The fourth-order valence-electron chi connectivity index (χ4n) is 1.58. The van der Waals surface area contributed by atoms with Crippen molar-refractivity contribution in [1.29, 1.82) is 5.26 Å².